The molecule has 0 spiro atoms. The summed E-state index contributed by atoms with van der Waals surface area (Å²) in [7, 11) is 0. The van der Waals surface area contributed by atoms with Gasteiger partial charge in [0.15, 0.2) is 11.6 Å². The van der Waals surface area contributed by atoms with Crippen molar-refractivity contribution in [3.05, 3.63) is 47.5 Å². The highest BCUT2D eigenvalue weighted by atomic mass is 35.5. The van der Waals surface area contributed by atoms with Crippen molar-refractivity contribution in [3.63, 3.8) is 0 Å². The Hall–Kier alpha value is -3.47. The number of ketones is 2. The van der Waals surface area contributed by atoms with Crippen LogP contribution in [-0.2, 0) is 19.1 Å². The highest BCUT2D eigenvalue weighted by molar-refractivity contribution is 6.31. The van der Waals surface area contributed by atoms with Gasteiger partial charge in [-0.25, -0.2) is 0 Å². The Kier molecular flexibility index (Phi) is 9.55. The molecule has 3 aliphatic heterocycles. The van der Waals surface area contributed by atoms with E-state index in [0.717, 1.165) is 43.2 Å². The lowest BCUT2D eigenvalue weighted by Crippen LogP contribution is -2.36. The molecule has 2 aromatic carbocycles. The Morgan fingerprint density at radius 1 is 0.872 bits per heavy atom. The number of Topliss-reactive ketones (excluding diaryl/α,β-unsaturated/α-hetero) is 2. The summed E-state index contributed by atoms with van der Waals surface area (Å²) >= 11 is 5.59. The first-order chi connectivity index (χ1) is 18.8. The predicted octanol–water partition coefficient (Wildman–Crippen LogP) is 2.98. The SMILES string of the molecule is CC(=O)N1CC(=O)c2ccc(N3CCOCC3)cc21.CC(=O)Nc1cc(N2CCOCC2)ccc1C(=O)CCl. The fourth-order valence-electron chi connectivity index (χ4n) is 4.75. The van der Waals surface area contributed by atoms with Gasteiger partial charge in [0.25, 0.3) is 0 Å². The van der Waals surface area contributed by atoms with Gasteiger partial charge >= 0.3 is 0 Å². The van der Waals surface area contributed by atoms with Crippen LogP contribution in [0.3, 0.4) is 0 Å². The monoisotopic (exact) mass is 556 g/mol. The number of anilines is 4. The lowest BCUT2D eigenvalue weighted by molar-refractivity contribution is -0.116. The van der Waals surface area contributed by atoms with Crippen molar-refractivity contribution in [2.45, 2.75) is 13.8 Å². The zero-order chi connectivity index (χ0) is 27.9. The van der Waals surface area contributed by atoms with Gasteiger partial charge in [-0.1, -0.05) is 0 Å². The molecule has 3 heterocycles. The number of amides is 2. The normalized spacial score (nSPS) is 16.8. The van der Waals surface area contributed by atoms with Crippen LogP contribution in [0, 0.1) is 0 Å². The molecule has 10 nitrogen and oxygen atoms in total. The third-order valence-electron chi connectivity index (χ3n) is 6.74. The Labute approximate surface area is 232 Å². The minimum atomic E-state index is -0.215. The number of carbonyl (C=O) groups excluding carboxylic acids is 4. The van der Waals surface area contributed by atoms with Crippen LogP contribution < -0.4 is 20.0 Å². The molecule has 11 heteroatoms. The number of hydrogen-bond acceptors (Lipinski definition) is 8. The molecule has 3 aliphatic rings. The number of rotatable bonds is 5. The van der Waals surface area contributed by atoms with Crippen LogP contribution in [0.15, 0.2) is 36.4 Å². The van der Waals surface area contributed by atoms with E-state index in [0.29, 0.717) is 43.2 Å². The van der Waals surface area contributed by atoms with Crippen LogP contribution in [-0.4, -0.2) is 88.4 Å². The van der Waals surface area contributed by atoms with Crippen LogP contribution in [0.4, 0.5) is 22.7 Å². The van der Waals surface area contributed by atoms with E-state index in [-0.39, 0.29) is 35.8 Å². The number of hydrogen-bond donors (Lipinski definition) is 1. The molecule has 1 N–H and O–H groups in total. The summed E-state index contributed by atoms with van der Waals surface area (Å²) in [6.45, 7) is 9.12. The largest absolute Gasteiger partial charge is 0.378 e. The van der Waals surface area contributed by atoms with Gasteiger partial charge in [0, 0.05) is 62.5 Å². The first kappa shape index (κ1) is 28.5. The second-order valence-electron chi connectivity index (χ2n) is 9.40. The summed E-state index contributed by atoms with van der Waals surface area (Å²) in [6.07, 6.45) is 0. The maximum absolute atomic E-state index is 11.8. The topological polar surface area (TPSA) is 108 Å². The molecule has 0 radical (unpaired) electrons. The molecule has 2 saturated heterocycles. The number of fused-ring (bicyclic) bond motifs is 1. The van der Waals surface area contributed by atoms with Crippen LogP contribution in [0.1, 0.15) is 34.6 Å². The first-order valence-electron chi connectivity index (χ1n) is 12.9. The molecule has 0 saturated carbocycles. The lowest BCUT2D eigenvalue weighted by atomic mass is 10.1. The molecule has 0 aromatic heterocycles. The van der Waals surface area contributed by atoms with E-state index in [9.17, 15) is 19.2 Å². The zero-order valence-electron chi connectivity index (χ0n) is 22.2. The average Bonchev–Trinajstić information content (AvgIpc) is 3.29. The summed E-state index contributed by atoms with van der Waals surface area (Å²) in [6, 6.07) is 11.1. The van der Waals surface area contributed by atoms with Crippen molar-refractivity contribution in [3.8, 4) is 0 Å². The number of carbonyl (C=O) groups is 4. The van der Waals surface area contributed by atoms with Gasteiger partial charge < -0.3 is 29.5 Å². The smallest absolute Gasteiger partial charge is 0.224 e. The van der Waals surface area contributed by atoms with E-state index in [2.05, 4.69) is 15.1 Å². The zero-order valence-corrected chi connectivity index (χ0v) is 23.0. The van der Waals surface area contributed by atoms with Gasteiger partial charge in [0.2, 0.25) is 11.8 Å². The van der Waals surface area contributed by atoms with E-state index in [4.69, 9.17) is 21.1 Å². The van der Waals surface area contributed by atoms with Crippen LogP contribution in [0.25, 0.3) is 0 Å². The molecule has 0 unspecified atom stereocenters. The highest BCUT2D eigenvalue weighted by Crippen LogP contribution is 2.32. The number of alkyl halides is 1. The standard InChI is InChI=1S/C14H17ClN2O3.C14H16N2O3/c1-10(18)16-13-8-11(17-4-6-20-7-5-17)2-3-12(13)14(19)9-15;1-10(17)16-9-14(18)12-3-2-11(8-13(12)16)15-4-6-19-7-5-15/h2-3,8H,4-7,9H2,1H3,(H,16,18);2-3,8H,4-7,9H2,1H3. The summed E-state index contributed by atoms with van der Waals surface area (Å²) in [5, 5.41) is 2.69. The lowest BCUT2D eigenvalue weighted by Gasteiger charge is -2.29. The molecule has 0 bridgehead atoms. The minimum absolute atomic E-state index is 0.0127. The van der Waals surface area contributed by atoms with Crippen molar-refractivity contribution in [2.75, 3.05) is 85.0 Å². The Morgan fingerprint density at radius 2 is 1.44 bits per heavy atom. The van der Waals surface area contributed by atoms with Gasteiger partial charge in [-0.15, -0.1) is 11.6 Å². The number of nitrogens with zero attached hydrogens (tertiary/aromatic N) is 3. The van der Waals surface area contributed by atoms with E-state index in [1.165, 1.54) is 13.8 Å². The quantitative estimate of drug-likeness (QED) is 0.442. The fourth-order valence-corrected chi connectivity index (χ4v) is 4.89. The van der Waals surface area contributed by atoms with Gasteiger partial charge in [-0.05, 0) is 36.4 Å². The van der Waals surface area contributed by atoms with Crippen LogP contribution in [0.2, 0.25) is 0 Å². The Balaban J connectivity index is 0.000000181. The van der Waals surface area contributed by atoms with Crippen molar-refractivity contribution in [1.82, 2.24) is 0 Å². The number of halogens is 1. The Morgan fingerprint density at radius 3 is 1.97 bits per heavy atom. The molecule has 208 valence electrons. The molecule has 5 rings (SSSR count). The van der Waals surface area contributed by atoms with Gasteiger partial charge in [-0.2, -0.15) is 0 Å². The number of nitrogens with one attached hydrogen (secondary N) is 1. The maximum atomic E-state index is 11.8. The third kappa shape index (κ3) is 6.95. The summed E-state index contributed by atoms with van der Waals surface area (Å²) in [5.41, 5.74) is 4.33. The van der Waals surface area contributed by atoms with Crippen molar-refractivity contribution in [1.29, 1.82) is 0 Å². The number of ether oxygens (including phenoxy) is 2. The van der Waals surface area contributed by atoms with E-state index >= 15 is 0 Å². The molecule has 2 fully saturated rings. The highest BCUT2D eigenvalue weighted by Gasteiger charge is 2.30. The van der Waals surface area contributed by atoms with E-state index in [1.54, 1.807) is 11.0 Å². The minimum Gasteiger partial charge on any atom is -0.378 e. The van der Waals surface area contributed by atoms with Crippen molar-refractivity contribution >= 4 is 57.7 Å². The van der Waals surface area contributed by atoms with Crippen molar-refractivity contribution in [2.24, 2.45) is 0 Å². The van der Waals surface area contributed by atoms with E-state index < -0.39 is 0 Å². The van der Waals surface area contributed by atoms with E-state index in [1.807, 2.05) is 30.3 Å². The first-order valence-corrected chi connectivity index (χ1v) is 13.4. The van der Waals surface area contributed by atoms with Crippen LogP contribution >= 0.6 is 11.6 Å². The van der Waals surface area contributed by atoms with Gasteiger partial charge in [0.05, 0.1) is 50.2 Å². The third-order valence-corrected chi connectivity index (χ3v) is 6.99. The maximum Gasteiger partial charge on any atom is 0.224 e. The molecule has 39 heavy (non-hydrogen) atoms. The summed E-state index contributed by atoms with van der Waals surface area (Å²) < 4.78 is 10.6. The number of benzene rings is 2. The molecule has 2 aromatic rings. The molecule has 0 atom stereocenters. The average molecular weight is 557 g/mol. The Bertz CT molecular complexity index is 1240. The molecule has 0 aliphatic carbocycles. The molecular weight excluding hydrogens is 524 g/mol. The van der Waals surface area contributed by atoms with Crippen LogP contribution in [0.5, 0.6) is 0 Å². The molecular formula is C28H33ClN4O6. The number of morpholine rings is 2. The predicted molar refractivity (Wildman–Crippen MR) is 151 cm³/mol. The summed E-state index contributed by atoms with van der Waals surface area (Å²) in [4.78, 5) is 52.4. The molecule has 2 amide bonds. The van der Waals surface area contributed by atoms with Gasteiger partial charge in [-0.3, -0.25) is 19.2 Å². The second-order valence-corrected chi connectivity index (χ2v) is 9.66. The summed E-state index contributed by atoms with van der Waals surface area (Å²) in [5.74, 6) is -0.606. The van der Waals surface area contributed by atoms with Crippen molar-refractivity contribution < 1.29 is 28.7 Å². The fraction of sp³-hybridized carbons (Fsp3) is 0.429. The second kappa shape index (κ2) is 13.1. The van der Waals surface area contributed by atoms with Gasteiger partial charge in [0.1, 0.15) is 0 Å².